The van der Waals surface area contributed by atoms with E-state index in [-0.39, 0.29) is 0 Å². The summed E-state index contributed by atoms with van der Waals surface area (Å²) in [5.41, 5.74) is 18.5. The standard InChI is InChI=1S/3C6H7N.C6H6/c3*7-6-4-2-1-3-5-6;1-2-4-6-5-3-1/h3*1-5H,7H2;1-6H. The minimum absolute atomic E-state index is 0.822. The Bertz CT molecular complexity index is 674. The van der Waals surface area contributed by atoms with Crippen molar-refractivity contribution in [1.29, 1.82) is 0 Å². The molecule has 0 aliphatic carbocycles. The van der Waals surface area contributed by atoms with Crippen LogP contribution in [0.3, 0.4) is 0 Å². The molecule has 4 aromatic carbocycles. The van der Waals surface area contributed by atoms with Gasteiger partial charge in [0.1, 0.15) is 0 Å². The Morgan fingerprint density at radius 2 is 0.407 bits per heavy atom. The van der Waals surface area contributed by atoms with Gasteiger partial charge in [0.25, 0.3) is 0 Å². The van der Waals surface area contributed by atoms with Gasteiger partial charge in [0, 0.05) is 17.1 Å². The van der Waals surface area contributed by atoms with Crippen molar-refractivity contribution in [3.63, 3.8) is 0 Å². The summed E-state index contributed by atoms with van der Waals surface area (Å²) in [7, 11) is 0. The van der Waals surface area contributed by atoms with Crippen molar-refractivity contribution in [3.05, 3.63) is 127 Å². The molecule has 4 rings (SSSR count). The second kappa shape index (κ2) is 14.6. The Morgan fingerprint density at radius 3 is 0.519 bits per heavy atom. The zero-order valence-corrected chi connectivity index (χ0v) is 15.4. The highest BCUT2D eigenvalue weighted by molar-refractivity contribution is 5.37. The van der Waals surface area contributed by atoms with E-state index in [1.165, 1.54) is 0 Å². The number of benzene rings is 4. The molecule has 27 heavy (non-hydrogen) atoms. The first-order chi connectivity index (χ1) is 13.2. The minimum atomic E-state index is 0.822. The maximum absolute atomic E-state index is 5.36. The molecular formula is C24H27N3. The minimum Gasteiger partial charge on any atom is -0.399 e. The van der Waals surface area contributed by atoms with Crippen molar-refractivity contribution in [3.8, 4) is 0 Å². The molecule has 0 spiro atoms. The first-order valence-electron chi connectivity index (χ1n) is 8.60. The summed E-state index contributed by atoms with van der Waals surface area (Å²) in [6.07, 6.45) is 0. The molecule has 4 aromatic rings. The molecule has 138 valence electrons. The quantitative estimate of drug-likeness (QED) is 0.364. The molecule has 0 atom stereocenters. The number of nitrogens with two attached hydrogens (primary N) is 3. The molecule has 0 amide bonds. The van der Waals surface area contributed by atoms with E-state index in [2.05, 4.69) is 0 Å². The molecule has 0 heterocycles. The molecule has 0 radical (unpaired) electrons. The molecule has 0 fully saturated rings. The average molecular weight is 358 g/mol. The van der Waals surface area contributed by atoms with Gasteiger partial charge in [0.15, 0.2) is 0 Å². The summed E-state index contributed by atoms with van der Waals surface area (Å²) in [4.78, 5) is 0. The van der Waals surface area contributed by atoms with Crippen molar-refractivity contribution in [2.24, 2.45) is 0 Å². The Hall–Kier alpha value is -3.72. The smallest absolute Gasteiger partial charge is 0.0313 e. The summed E-state index contributed by atoms with van der Waals surface area (Å²) in [6.45, 7) is 0. The van der Waals surface area contributed by atoms with Gasteiger partial charge in [-0.25, -0.2) is 0 Å². The van der Waals surface area contributed by atoms with Crippen LogP contribution >= 0.6 is 0 Å². The van der Waals surface area contributed by atoms with E-state index in [4.69, 9.17) is 17.2 Å². The fourth-order valence-electron chi connectivity index (χ4n) is 1.74. The van der Waals surface area contributed by atoms with Crippen LogP contribution in [0.25, 0.3) is 0 Å². The number of anilines is 3. The topological polar surface area (TPSA) is 78.1 Å². The van der Waals surface area contributed by atoms with Crippen LogP contribution in [-0.4, -0.2) is 0 Å². The summed E-state index contributed by atoms with van der Waals surface area (Å²) >= 11 is 0. The van der Waals surface area contributed by atoms with Crippen LogP contribution in [0.2, 0.25) is 0 Å². The van der Waals surface area contributed by atoms with Gasteiger partial charge in [0.2, 0.25) is 0 Å². The Labute approximate surface area is 162 Å². The molecule has 3 nitrogen and oxygen atoms in total. The van der Waals surface area contributed by atoms with Crippen LogP contribution in [0.4, 0.5) is 17.1 Å². The lowest BCUT2D eigenvalue weighted by Gasteiger charge is -1.83. The molecule has 0 bridgehead atoms. The number of rotatable bonds is 0. The average Bonchev–Trinajstić information content (AvgIpc) is 2.73. The van der Waals surface area contributed by atoms with Crippen LogP contribution < -0.4 is 17.2 Å². The number of para-hydroxylation sites is 3. The van der Waals surface area contributed by atoms with Crippen molar-refractivity contribution in [2.75, 3.05) is 17.2 Å². The van der Waals surface area contributed by atoms with Gasteiger partial charge in [-0.05, 0) is 36.4 Å². The lowest BCUT2D eigenvalue weighted by Crippen LogP contribution is -1.79. The van der Waals surface area contributed by atoms with Crippen LogP contribution in [-0.2, 0) is 0 Å². The Balaban J connectivity index is 0.000000180. The molecule has 0 aliphatic heterocycles. The van der Waals surface area contributed by atoms with Crippen molar-refractivity contribution >= 4 is 17.1 Å². The lowest BCUT2D eigenvalue weighted by atomic mass is 10.3. The second-order valence-electron chi connectivity index (χ2n) is 5.39. The summed E-state index contributed by atoms with van der Waals surface area (Å²) in [5.74, 6) is 0. The third-order valence-corrected chi connectivity index (χ3v) is 3.07. The largest absolute Gasteiger partial charge is 0.399 e. The lowest BCUT2D eigenvalue weighted by molar-refractivity contribution is 1.69. The third-order valence-electron chi connectivity index (χ3n) is 3.07. The van der Waals surface area contributed by atoms with Gasteiger partial charge < -0.3 is 17.2 Å². The Kier molecular flexibility index (Phi) is 11.5. The monoisotopic (exact) mass is 357 g/mol. The zero-order chi connectivity index (χ0) is 19.6. The highest BCUT2D eigenvalue weighted by atomic mass is 14.5. The van der Waals surface area contributed by atoms with Crippen molar-refractivity contribution in [1.82, 2.24) is 0 Å². The number of hydrogen-bond acceptors (Lipinski definition) is 3. The van der Waals surface area contributed by atoms with E-state index < -0.39 is 0 Å². The summed E-state index contributed by atoms with van der Waals surface area (Å²) in [6, 6.07) is 40.5. The van der Waals surface area contributed by atoms with Gasteiger partial charge in [-0.2, -0.15) is 0 Å². The number of nitrogen functional groups attached to an aromatic ring is 3. The van der Waals surface area contributed by atoms with Gasteiger partial charge in [-0.3, -0.25) is 0 Å². The second-order valence-corrected chi connectivity index (χ2v) is 5.39. The van der Waals surface area contributed by atoms with E-state index in [9.17, 15) is 0 Å². The van der Waals surface area contributed by atoms with Crippen molar-refractivity contribution < 1.29 is 0 Å². The fourth-order valence-corrected chi connectivity index (χ4v) is 1.74. The first kappa shape index (κ1) is 21.3. The predicted molar refractivity (Wildman–Crippen MR) is 119 cm³/mol. The maximum atomic E-state index is 5.36. The van der Waals surface area contributed by atoms with E-state index >= 15 is 0 Å². The van der Waals surface area contributed by atoms with Crippen LogP contribution in [0.15, 0.2) is 127 Å². The molecule has 0 saturated carbocycles. The normalized spacial score (nSPS) is 8.44. The van der Waals surface area contributed by atoms with Crippen LogP contribution in [0, 0.1) is 0 Å². The molecule has 6 N–H and O–H groups in total. The van der Waals surface area contributed by atoms with Crippen molar-refractivity contribution in [2.45, 2.75) is 0 Å². The molecule has 0 aliphatic rings. The van der Waals surface area contributed by atoms with Gasteiger partial charge in [0.05, 0.1) is 0 Å². The van der Waals surface area contributed by atoms with Gasteiger partial charge in [-0.15, -0.1) is 0 Å². The fraction of sp³-hybridized carbons (Fsp3) is 0. The molecule has 0 unspecified atom stereocenters. The van der Waals surface area contributed by atoms with Gasteiger partial charge >= 0.3 is 0 Å². The molecule has 0 saturated heterocycles. The van der Waals surface area contributed by atoms with E-state index in [0.717, 1.165) is 17.1 Å². The van der Waals surface area contributed by atoms with E-state index in [0.29, 0.717) is 0 Å². The first-order valence-corrected chi connectivity index (χ1v) is 8.60. The third kappa shape index (κ3) is 13.3. The van der Waals surface area contributed by atoms with E-state index in [1.807, 2.05) is 127 Å². The van der Waals surface area contributed by atoms with Gasteiger partial charge in [-0.1, -0.05) is 91.0 Å². The van der Waals surface area contributed by atoms with Crippen LogP contribution in [0.5, 0.6) is 0 Å². The number of hydrogen-bond donors (Lipinski definition) is 3. The summed E-state index contributed by atoms with van der Waals surface area (Å²) < 4.78 is 0. The maximum Gasteiger partial charge on any atom is 0.0313 e. The predicted octanol–water partition coefficient (Wildman–Crippen LogP) is 5.49. The highest BCUT2D eigenvalue weighted by Gasteiger charge is 1.73. The highest BCUT2D eigenvalue weighted by Crippen LogP contribution is 1.97. The van der Waals surface area contributed by atoms with E-state index in [1.54, 1.807) is 0 Å². The SMILES string of the molecule is Nc1ccccc1.Nc1ccccc1.Nc1ccccc1.c1ccccc1. The molecule has 0 aromatic heterocycles. The molecule has 3 heteroatoms. The zero-order valence-electron chi connectivity index (χ0n) is 15.4. The summed E-state index contributed by atoms with van der Waals surface area (Å²) in [5, 5.41) is 0. The molecular weight excluding hydrogens is 330 g/mol. The Morgan fingerprint density at radius 1 is 0.259 bits per heavy atom. The van der Waals surface area contributed by atoms with Crippen LogP contribution in [0.1, 0.15) is 0 Å².